The average Bonchev–Trinajstić information content (AvgIpc) is 2.97. The van der Waals surface area contributed by atoms with E-state index in [9.17, 15) is 29.7 Å². The predicted octanol–water partition coefficient (Wildman–Crippen LogP) is 9.77. The van der Waals surface area contributed by atoms with Crippen LogP contribution in [0.2, 0.25) is 0 Å². The molecule has 0 spiro atoms. The summed E-state index contributed by atoms with van der Waals surface area (Å²) in [7, 11) is 0. The Morgan fingerprint density at radius 2 is 0.767 bits per heavy atom. The van der Waals surface area contributed by atoms with Crippen LogP contribution in [-0.2, 0) is 14.4 Å². The van der Waals surface area contributed by atoms with Gasteiger partial charge in [0.15, 0.2) is 18.1 Å². The molecule has 0 fully saturated rings. The minimum atomic E-state index is -1.09. The zero-order chi connectivity index (χ0) is 32.3. The number of quaternary nitrogens is 1. The lowest BCUT2D eigenvalue weighted by atomic mass is 9.91. The number of carboxylic acid groups (broad SMARTS) is 3. The number of allylic oxidation sites excluding steroid dienone is 2. The Morgan fingerprint density at radius 3 is 1.07 bits per heavy atom. The fourth-order valence-corrected chi connectivity index (χ4v) is 6.81. The molecular weight excluding hydrogens is 542 g/mol. The van der Waals surface area contributed by atoms with Gasteiger partial charge in [-0.05, 0) is 57.8 Å². The third-order valence-electron chi connectivity index (χ3n) is 9.09. The van der Waals surface area contributed by atoms with Crippen LogP contribution in [0.1, 0.15) is 175 Å². The minimum Gasteiger partial charge on any atom is -0.477 e. The second-order valence-electron chi connectivity index (χ2n) is 12.6. The highest BCUT2D eigenvalue weighted by atomic mass is 16.4. The lowest BCUT2D eigenvalue weighted by Crippen LogP contribution is -2.72. The van der Waals surface area contributed by atoms with Gasteiger partial charge in [-0.15, -0.1) is 0 Å². The van der Waals surface area contributed by atoms with Crippen molar-refractivity contribution in [1.82, 2.24) is 0 Å². The minimum absolute atomic E-state index is 0.267. The van der Waals surface area contributed by atoms with Gasteiger partial charge in [0.05, 0.1) is 6.54 Å². The van der Waals surface area contributed by atoms with Crippen LogP contribution < -0.4 is 0 Å². The van der Waals surface area contributed by atoms with E-state index in [1.165, 1.54) is 64.2 Å². The van der Waals surface area contributed by atoms with Crippen molar-refractivity contribution in [3.63, 3.8) is 0 Å². The fourth-order valence-electron chi connectivity index (χ4n) is 6.81. The molecule has 0 heterocycles. The molecule has 0 aromatic carbocycles. The molecule has 0 saturated heterocycles. The van der Waals surface area contributed by atoms with Crippen molar-refractivity contribution in [2.45, 2.75) is 193 Å². The standard InChI is InChI=1S/C36H67NO6/c1-5-9-10-11-12-13-14-15-16-17-18-19-20-21-22-23-24-25-26-30-37(31(27-6-2)34(38)39,32(28-7-3)35(40)41)33(29-8-4)36(42)43/h18-19,31-33H,5-17,20-30H2,1-4H3,(H2-,38,39,40,41,42,43)/p+1/b19-18+. The maximum absolute atomic E-state index is 12.6. The van der Waals surface area contributed by atoms with E-state index in [0.29, 0.717) is 25.7 Å². The van der Waals surface area contributed by atoms with Gasteiger partial charge in [0.1, 0.15) is 0 Å². The van der Waals surface area contributed by atoms with Crippen LogP contribution in [0.25, 0.3) is 0 Å². The summed E-state index contributed by atoms with van der Waals surface area (Å²) in [4.78, 5) is 37.8. The molecule has 0 rings (SSSR count). The van der Waals surface area contributed by atoms with E-state index in [0.717, 1.165) is 38.5 Å². The van der Waals surface area contributed by atoms with Gasteiger partial charge in [-0.2, -0.15) is 0 Å². The van der Waals surface area contributed by atoms with E-state index in [2.05, 4.69) is 19.1 Å². The summed E-state index contributed by atoms with van der Waals surface area (Å²) in [5, 5.41) is 30.9. The summed E-state index contributed by atoms with van der Waals surface area (Å²) in [5.41, 5.74) is 0. The molecule has 43 heavy (non-hydrogen) atoms. The van der Waals surface area contributed by atoms with Crippen molar-refractivity contribution in [2.24, 2.45) is 0 Å². The molecule has 0 aliphatic heterocycles. The Balaban J connectivity index is 4.86. The highest BCUT2D eigenvalue weighted by Crippen LogP contribution is 2.34. The molecule has 252 valence electrons. The fraction of sp³-hybridized carbons (Fsp3) is 0.861. The van der Waals surface area contributed by atoms with Gasteiger partial charge in [-0.25, -0.2) is 14.4 Å². The van der Waals surface area contributed by atoms with Gasteiger partial charge >= 0.3 is 17.9 Å². The van der Waals surface area contributed by atoms with Crippen LogP contribution in [0, 0.1) is 0 Å². The Hall–Kier alpha value is -1.89. The van der Waals surface area contributed by atoms with Gasteiger partial charge in [-0.1, -0.05) is 110 Å². The first-order valence-electron chi connectivity index (χ1n) is 17.9. The second-order valence-corrected chi connectivity index (χ2v) is 12.6. The number of carboxylic acids is 3. The first kappa shape index (κ1) is 41.1. The normalized spacial score (nSPS) is 15.3. The third-order valence-corrected chi connectivity index (χ3v) is 9.09. The van der Waals surface area contributed by atoms with Gasteiger partial charge in [0, 0.05) is 19.3 Å². The van der Waals surface area contributed by atoms with Crippen molar-refractivity contribution in [3.8, 4) is 0 Å². The van der Waals surface area contributed by atoms with Crippen molar-refractivity contribution in [3.05, 3.63) is 12.2 Å². The SMILES string of the molecule is CCCCCCCCCCC/C=C/CCCCCCCC[N+](C(CCC)C(=O)O)(C(CCC)C(=O)O)C(CCC)C(=O)O. The molecule has 0 aliphatic carbocycles. The maximum atomic E-state index is 12.6. The maximum Gasteiger partial charge on any atom is 0.362 e. The Kier molecular flexibility index (Phi) is 25.3. The summed E-state index contributed by atoms with van der Waals surface area (Å²) in [5.74, 6) is -3.26. The predicted molar refractivity (Wildman–Crippen MR) is 177 cm³/mol. The summed E-state index contributed by atoms with van der Waals surface area (Å²) < 4.78 is -0.376. The molecule has 3 N–H and O–H groups in total. The Morgan fingerprint density at radius 1 is 0.465 bits per heavy atom. The van der Waals surface area contributed by atoms with Crippen molar-refractivity contribution < 1.29 is 34.2 Å². The second kappa shape index (κ2) is 26.5. The molecule has 0 aromatic heterocycles. The van der Waals surface area contributed by atoms with Crippen LogP contribution in [0.15, 0.2) is 12.2 Å². The number of unbranched alkanes of at least 4 members (excludes halogenated alkanes) is 15. The van der Waals surface area contributed by atoms with Crippen LogP contribution in [-0.4, -0.2) is 62.4 Å². The monoisotopic (exact) mass is 611 g/mol. The first-order chi connectivity index (χ1) is 20.7. The van der Waals surface area contributed by atoms with Gasteiger partial charge in [0.2, 0.25) is 0 Å². The molecule has 0 aromatic rings. The molecule has 3 unspecified atom stereocenters. The Labute approximate surface area is 264 Å². The van der Waals surface area contributed by atoms with Crippen LogP contribution in [0.5, 0.6) is 0 Å². The highest BCUT2D eigenvalue weighted by molar-refractivity contribution is 5.78. The van der Waals surface area contributed by atoms with Crippen LogP contribution in [0.4, 0.5) is 0 Å². The summed E-state index contributed by atoms with van der Waals surface area (Å²) >= 11 is 0. The number of hydrogen-bond acceptors (Lipinski definition) is 3. The highest BCUT2D eigenvalue weighted by Gasteiger charge is 2.56. The van der Waals surface area contributed by atoms with E-state index in [1.54, 1.807) is 0 Å². The molecular formula is C36H68NO6+. The van der Waals surface area contributed by atoms with E-state index < -0.39 is 36.0 Å². The van der Waals surface area contributed by atoms with Crippen molar-refractivity contribution >= 4 is 17.9 Å². The topological polar surface area (TPSA) is 112 Å². The number of rotatable bonds is 31. The molecule has 0 saturated carbocycles. The number of nitrogens with zero attached hydrogens (tertiary/aromatic N) is 1. The van der Waals surface area contributed by atoms with E-state index >= 15 is 0 Å². The van der Waals surface area contributed by atoms with Crippen molar-refractivity contribution in [1.29, 1.82) is 0 Å². The molecule has 7 nitrogen and oxygen atoms in total. The molecule has 0 bridgehead atoms. The quantitative estimate of drug-likeness (QED) is 0.0409. The molecule has 0 aliphatic rings. The summed E-state index contributed by atoms with van der Waals surface area (Å²) in [6.07, 6.45) is 27.5. The number of carbonyl (C=O) groups is 3. The smallest absolute Gasteiger partial charge is 0.362 e. The average molecular weight is 611 g/mol. The zero-order valence-electron chi connectivity index (χ0n) is 28.4. The first-order valence-corrected chi connectivity index (χ1v) is 17.9. The van der Waals surface area contributed by atoms with E-state index in [4.69, 9.17) is 0 Å². The molecule has 0 amide bonds. The van der Waals surface area contributed by atoms with Gasteiger partial charge in [-0.3, -0.25) is 4.48 Å². The van der Waals surface area contributed by atoms with Crippen LogP contribution >= 0.6 is 0 Å². The molecule has 7 heteroatoms. The lowest BCUT2D eigenvalue weighted by molar-refractivity contribution is -0.973. The summed E-state index contributed by atoms with van der Waals surface area (Å²) in [6.45, 7) is 8.16. The third kappa shape index (κ3) is 16.7. The van der Waals surface area contributed by atoms with E-state index in [1.807, 2.05) is 20.8 Å². The van der Waals surface area contributed by atoms with Gasteiger partial charge < -0.3 is 15.3 Å². The Bertz CT molecular complexity index is 692. The van der Waals surface area contributed by atoms with Crippen LogP contribution in [0.3, 0.4) is 0 Å². The van der Waals surface area contributed by atoms with Crippen molar-refractivity contribution in [2.75, 3.05) is 6.54 Å². The molecule has 0 radical (unpaired) electrons. The van der Waals surface area contributed by atoms with Gasteiger partial charge in [0.25, 0.3) is 0 Å². The largest absolute Gasteiger partial charge is 0.477 e. The molecule has 3 atom stereocenters. The summed E-state index contributed by atoms with van der Waals surface area (Å²) in [6, 6.07) is -3.15. The zero-order valence-corrected chi connectivity index (χ0v) is 28.4. The number of hydrogen-bond donors (Lipinski definition) is 3. The van der Waals surface area contributed by atoms with E-state index in [-0.39, 0.29) is 30.3 Å². The lowest BCUT2D eigenvalue weighted by Gasteiger charge is -2.50. The number of aliphatic carboxylic acids is 3.